The van der Waals surface area contributed by atoms with Crippen LogP contribution in [0.1, 0.15) is 41.6 Å². The molecule has 0 aromatic carbocycles. The lowest BCUT2D eigenvalue weighted by Crippen LogP contribution is -2.66. The summed E-state index contributed by atoms with van der Waals surface area (Å²) >= 11 is 0. The van der Waals surface area contributed by atoms with Crippen molar-refractivity contribution >= 4 is 5.91 Å². The second kappa shape index (κ2) is 7.78. The fourth-order valence-electron chi connectivity index (χ4n) is 4.04. The van der Waals surface area contributed by atoms with Gasteiger partial charge in [0.1, 0.15) is 16.9 Å². The molecular weight excluding hydrogens is 346 g/mol. The van der Waals surface area contributed by atoms with Crippen LogP contribution in [0.5, 0.6) is 0 Å². The number of amides is 1. The number of ether oxygens (including phenoxy) is 2. The highest BCUT2D eigenvalue weighted by Gasteiger charge is 2.54. The standard InChI is InChI=1S/C20H25N3O4/c1-2-18-17(11-22-27-18)19(24)23-13-20(14-23)15(7-10-26-20)6-9-25-12-16-5-3-4-8-21-16/h3-5,8,11,15H,2,6-7,9-10,12-14H2,1H3/t15-/m0/s1. The third-order valence-electron chi connectivity index (χ3n) is 5.59. The van der Waals surface area contributed by atoms with Gasteiger partial charge in [0, 0.05) is 25.8 Å². The van der Waals surface area contributed by atoms with Crippen LogP contribution in [0.2, 0.25) is 0 Å². The number of hydrogen-bond acceptors (Lipinski definition) is 6. The molecule has 0 aliphatic carbocycles. The molecule has 2 fully saturated rings. The molecule has 0 N–H and O–H groups in total. The predicted molar refractivity (Wildman–Crippen MR) is 97.1 cm³/mol. The SMILES string of the molecule is CCc1oncc1C(=O)N1CC2(C1)OCC[C@@H]2CCOCc1ccccn1. The first-order valence-corrected chi connectivity index (χ1v) is 9.56. The van der Waals surface area contributed by atoms with Crippen molar-refractivity contribution in [1.29, 1.82) is 0 Å². The maximum Gasteiger partial charge on any atom is 0.259 e. The van der Waals surface area contributed by atoms with Crippen molar-refractivity contribution in [1.82, 2.24) is 15.0 Å². The van der Waals surface area contributed by atoms with Crippen molar-refractivity contribution in [2.75, 3.05) is 26.3 Å². The highest BCUT2D eigenvalue weighted by Crippen LogP contribution is 2.42. The van der Waals surface area contributed by atoms with Gasteiger partial charge in [-0.2, -0.15) is 0 Å². The van der Waals surface area contributed by atoms with Gasteiger partial charge in [-0.1, -0.05) is 18.1 Å². The highest BCUT2D eigenvalue weighted by atomic mass is 16.5. The summed E-state index contributed by atoms with van der Waals surface area (Å²) in [6.45, 7) is 5.16. The molecule has 27 heavy (non-hydrogen) atoms. The van der Waals surface area contributed by atoms with Crippen LogP contribution in [0.4, 0.5) is 0 Å². The van der Waals surface area contributed by atoms with E-state index in [1.165, 1.54) is 6.20 Å². The Kier molecular flexibility index (Phi) is 5.22. The summed E-state index contributed by atoms with van der Waals surface area (Å²) in [6, 6.07) is 5.83. The van der Waals surface area contributed by atoms with E-state index in [4.69, 9.17) is 14.0 Å². The summed E-state index contributed by atoms with van der Waals surface area (Å²) in [6.07, 6.45) is 5.90. The lowest BCUT2D eigenvalue weighted by atomic mass is 9.79. The van der Waals surface area contributed by atoms with Gasteiger partial charge in [-0.05, 0) is 30.9 Å². The quantitative estimate of drug-likeness (QED) is 0.696. The highest BCUT2D eigenvalue weighted by molar-refractivity contribution is 5.95. The molecule has 0 unspecified atom stereocenters. The van der Waals surface area contributed by atoms with Crippen molar-refractivity contribution in [3.8, 4) is 0 Å². The van der Waals surface area contributed by atoms with E-state index in [-0.39, 0.29) is 11.5 Å². The molecule has 0 saturated carbocycles. The van der Waals surface area contributed by atoms with Gasteiger partial charge in [0.15, 0.2) is 0 Å². The van der Waals surface area contributed by atoms with Crippen molar-refractivity contribution in [3.63, 3.8) is 0 Å². The van der Waals surface area contributed by atoms with Crippen LogP contribution in [0, 0.1) is 5.92 Å². The molecule has 144 valence electrons. The van der Waals surface area contributed by atoms with E-state index in [0.29, 0.717) is 50.0 Å². The van der Waals surface area contributed by atoms with Crippen LogP contribution >= 0.6 is 0 Å². The largest absolute Gasteiger partial charge is 0.375 e. The van der Waals surface area contributed by atoms with Gasteiger partial charge >= 0.3 is 0 Å². The maximum absolute atomic E-state index is 12.7. The molecule has 0 bridgehead atoms. The van der Waals surface area contributed by atoms with Crippen LogP contribution in [0.3, 0.4) is 0 Å². The molecule has 7 nitrogen and oxygen atoms in total. The van der Waals surface area contributed by atoms with Gasteiger partial charge in [0.05, 0.1) is 31.6 Å². The first-order valence-electron chi connectivity index (χ1n) is 9.56. The Labute approximate surface area is 158 Å². The summed E-state index contributed by atoms with van der Waals surface area (Å²) in [7, 11) is 0. The molecule has 1 amide bonds. The van der Waals surface area contributed by atoms with Crippen molar-refractivity contribution in [2.45, 2.75) is 38.4 Å². The molecular formula is C20H25N3O4. The van der Waals surface area contributed by atoms with E-state index in [1.807, 2.05) is 30.0 Å². The smallest absolute Gasteiger partial charge is 0.259 e. The Morgan fingerprint density at radius 3 is 3.07 bits per heavy atom. The summed E-state index contributed by atoms with van der Waals surface area (Å²) in [4.78, 5) is 18.8. The molecule has 2 aromatic heterocycles. The van der Waals surface area contributed by atoms with Crippen molar-refractivity contribution in [3.05, 3.63) is 47.6 Å². The Hall–Kier alpha value is -2.25. The molecule has 2 aliphatic heterocycles. The van der Waals surface area contributed by atoms with Gasteiger partial charge in [0.25, 0.3) is 5.91 Å². The number of pyridine rings is 1. The fraction of sp³-hybridized carbons (Fsp3) is 0.550. The average molecular weight is 371 g/mol. The normalized spacial score (nSPS) is 20.8. The lowest BCUT2D eigenvalue weighted by molar-refractivity contribution is -0.120. The topological polar surface area (TPSA) is 77.7 Å². The van der Waals surface area contributed by atoms with E-state index in [0.717, 1.165) is 25.1 Å². The maximum atomic E-state index is 12.7. The first-order chi connectivity index (χ1) is 13.2. The zero-order valence-corrected chi connectivity index (χ0v) is 15.6. The predicted octanol–water partition coefficient (Wildman–Crippen LogP) is 2.47. The number of carbonyl (C=O) groups excluding carboxylic acids is 1. The van der Waals surface area contributed by atoms with Crippen LogP contribution in [-0.2, 0) is 22.5 Å². The van der Waals surface area contributed by atoms with Crippen LogP contribution in [-0.4, -0.2) is 52.9 Å². The number of hydrogen-bond donors (Lipinski definition) is 0. The minimum Gasteiger partial charge on any atom is -0.375 e. The van der Waals surface area contributed by atoms with E-state index < -0.39 is 0 Å². The molecule has 4 heterocycles. The Morgan fingerprint density at radius 1 is 1.41 bits per heavy atom. The zero-order chi connectivity index (χ0) is 18.7. The minimum atomic E-state index is -0.215. The van der Waals surface area contributed by atoms with Crippen molar-refractivity contribution in [2.24, 2.45) is 5.92 Å². The Balaban J connectivity index is 1.27. The van der Waals surface area contributed by atoms with Crippen molar-refractivity contribution < 1.29 is 18.8 Å². The molecule has 1 atom stereocenters. The first kappa shape index (κ1) is 18.1. The van der Waals surface area contributed by atoms with Crippen LogP contribution in [0.15, 0.2) is 35.1 Å². The lowest BCUT2D eigenvalue weighted by Gasteiger charge is -2.50. The average Bonchev–Trinajstić information content (AvgIpc) is 3.31. The number of nitrogens with zero attached hydrogens (tertiary/aromatic N) is 3. The molecule has 2 aliphatic rings. The Bertz CT molecular complexity index is 771. The van der Waals surface area contributed by atoms with E-state index in [9.17, 15) is 4.79 Å². The number of rotatable bonds is 7. The second-order valence-corrected chi connectivity index (χ2v) is 7.24. The summed E-state index contributed by atoms with van der Waals surface area (Å²) in [5, 5.41) is 3.76. The third kappa shape index (κ3) is 3.61. The minimum absolute atomic E-state index is 0.0145. The molecule has 2 aromatic rings. The van der Waals surface area contributed by atoms with E-state index in [2.05, 4.69) is 10.1 Å². The molecule has 7 heteroatoms. The molecule has 1 spiro atoms. The number of aryl methyl sites for hydroxylation is 1. The summed E-state index contributed by atoms with van der Waals surface area (Å²) < 4.78 is 17.0. The third-order valence-corrected chi connectivity index (χ3v) is 5.59. The van der Waals surface area contributed by atoms with Gasteiger partial charge in [0.2, 0.25) is 0 Å². The molecule has 0 radical (unpaired) electrons. The number of likely N-dealkylation sites (tertiary alicyclic amines) is 1. The zero-order valence-electron chi connectivity index (χ0n) is 15.6. The number of carbonyl (C=O) groups is 1. The van der Waals surface area contributed by atoms with Gasteiger partial charge < -0.3 is 18.9 Å². The Morgan fingerprint density at radius 2 is 2.30 bits per heavy atom. The summed E-state index contributed by atoms with van der Waals surface area (Å²) in [5.74, 6) is 1.05. The summed E-state index contributed by atoms with van der Waals surface area (Å²) in [5.41, 5.74) is 1.30. The second-order valence-electron chi connectivity index (χ2n) is 7.24. The van der Waals surface area contributed by atoms with Crippen LogP contribution in [0.25, 0.3) is 0 Å². The van der Waals surface area contributed by atoms with Gasteiger partial charge in [-0.25, -0.2) is 0 Å². The van der Waals surface area contributed by atoms with Crippen LogP contribution < -0.4 is 0 Å². The van der Waals surface area contributed by atoms with E-state index in [1.54, 1.807) is 6.20 Å². The molecule has 2 saturated heterocycles. The van der Waals surface area contributed by atoms with Gasteiger partial charge in [-0.3, -0.25) is 9.78 Å². The fourth-order valence-corrected chi connectivity index (χ4v) is 4.04. The van der Waals surface area contributed by atoms with Gasteiger partial charge in [-0.15, -0.1) is 0 Å². The number of aromatic nitrogens is 2. The molecule has 4 rings (SSSR count). The van der Waals surface area contributed by atoms with E-state index >= 15 is 0 Å². The monoisotopic (exact) mass is 371 g/mol.